The Kier molecular flexibility index (Phi) is 5.13. The number of imidazole rings is 1. The molecule has 35 heavy (non-hydrogen) atoms. The molecule has 0 radical (unpaired) electrons. The first-order chi connectivity index (χ1) is 16.9. The number of carbonyl (C=O) groups excluding carboxylic acids is 1. The molecule has 2 heterocycles. The predicted octanol–water partition coefficient (Wildman–Crippen LogP) is 5.35. The molecule has 2 saturated carbocycles. The number of nitrogens with zero attached hydrogens (tertiary/aromatic N) is 3. The highest BCUT2D eigenvalue weighted by atomic mass is 16.5. The van der Waals surface area contributed by atoms with Gasteiger partial charge in [0.15, 0.2) is 0 Å². The van der Waals surface area contributed by atoms with Crippen LogP contribution in [0.25, 0.3) is 11.0 Å². The van der Waals surface area contributed by atoms with Crippen LogP contribution in [0.2, 0.25) is 0 Å². The highest BCUT2D eigenvalue weighted by molar-refractivity contribution is 5.95. The van der Waals surface area contributed by atoms with Crippen molar-refractivity contribution in [1.29, 1.82) is 0 Å². The summed E-state index contributed by atoms with van der Waals surface area (Å²) >= 11 is 0. The lowest BCUT2D eigenvalue weighted by molar-refractivity contribution is -0.165. The number of methoxy groups -OCH3 is 1. The van der Waals surface area contributed by atoms with Crippen molar-refractivity contribution >= 4 is 28.8 Å². The predicted molar refractivity (Wildman–Crippen MR) is 133 cm³/mol. The zero-order valence-corrected chi connectivity index (χ0v) is 20.2. The molecular formula is C28H31N3O4. The summed E-state index contributed by atoms with van der Waals surface area (Å²) in [5, 5.41) is 10.1. The van der Waals surface area contributed by atoms with Crippen molar-refractivity contribution in [3.63, 3.8) is 0 Å². The van der Waals surface area contributed by atoms with Crippen LogP contribution in [0.1, 0.15) is 62.0 Å². The quantitative estimate of drug-likeness (QED) is 0.552. The Morgan fingerprint density at radius 2 is 1.94 bits per heavy atom. The zero-order valence-electron chi connectivity index (χ0n) is 20.2. The molecule has 6 rings (SSSR count). The fraction of sp³-hybridized carbons (Fsp3) is 0.464. The summed E-state index contributed by atoms with van der Waals surface area (Å²) in [5.74, 6) is -0.210. The van der Waals surface area contributed by atoms with E-state index in [0.717, 1.165) is 72.2 Å². The van der Waals surface area contributed by atoms with Crippen LogP contribution >= 0.6 is 0 Å². The number of carboxylic acids is 1. The normalized spacial score (nSPS) is 24.5. The van der Waals surface area contributed by atoms with E-state index in [0.29, 0.717) is 6.42 Å². The summed E-state index contributed by atoms with van der Waals surface area (Å²) in [5.41, 5.74) is 4.98. The molecule has 2 fully saturated rings. The molecule has 1 aliphatic heterocycles. The maximum absolute atomic E-state index is 12.6. The van der Waals surface area contributed by atoms with Gasteiger partial charge < -0.3 is 14.4 Å². The van der Waals surface area contributed by atoms with Crippen molar-refractivity contribution in [2.24, 2.45) is 11.3 Å². The number of anilines is 1. The van der Waals surface area contributed by atoms with Crippen LogP contribution in [0, 0.1) is 11.3 Å². The SMILES string of the molecule is COC(=O)N1c2ccc3c(nc(Cc4ccccc4)n3C3C(C(=O)O)CC34CCC4)c2CC[C@@H]1C. The second kappa shape index (κ2) is 8.11. The van der Waals surface area contributed by atoms with Gasteiger partial charge in [0.05, 0.1) is 35.8 Å². The number of aliphatic carboxylic acids is 1. The van der Waals surface area contributed by atoms with Gasteiger partial charge in [-0.05, 0) is 62.1 Å². The molecule has 2 unspecified atom stereocenters. The molecule has 1 spiro atoms. The van der Waals surface area contributed by atoms with Crippen molar-refractivity contribution in [3.05, 3.63) is 59.4 Å². The second-order valence-electron chi connectivity index (χ2n) is 10.5. The van der Waals surface area contributed by atoms with Crippen LogP contribution < -0.4 is 4.90 Å². The number of aryl methyl sites for hydroxylation is 1. The molecule has 3 aliphatic rings. The largest absolute Gasteiger partial charge is 0.481 e. The van der Waals surface area contributed by atoms with Crippen molar-refractivity contribution in [2.75, 3.05) is 12.0 Å². The summed E-state index contributed by atoms with van der Waals surface area (Å²) < 4.78 is 7.34. The fourth-order valence-corrected chi connectivity index (χ4v) is 6.78. The standard InChI is InChI=1S/C28H31N3O4/c1-17-9-10-19-21(30(17)27(34)35-2)11-12-22-24(19)29-23(15-18-7-4-3-5-8-18)31(22)25-20(26(32)33)16-28(25)13-6-14-28/h3-5,7-8,11-12,17,20,25H,6,9-10,13-16H2,1-2H3,(H,32,33)/t17-,20?,25?/m0/s1. The van der Waals surface area contributed by atoms with Gasteiger partial charge in [0.25, 0.3) is 0 Å². The molecule has 3 atom stereocenters. The summed E-state index contributed by atoms with van der Waals surface area (Å²) in [4.78, 5) is 31.8. The molecule has 1 amide bonds. The fourth-order valence-electron chi connectivity index (χ4n) is 6.78. The minimum atomic E-state index is -0.719. The number of rotatable bonds is 4. The maximum atomic E-state index is 12.6. The molecule has 2 aliphatic carbocycles. The van der Waals surface area contributed by atoms with E-state index in [9.17, 15) is 14.7 Å². The smallest absolute Gasteiger partial charge is 0.414 e. The number of hydrogen-bond acceptors (Lipinski definition) is 4. The summed E-state index contributed by atoms with van der Waals surface area (Å²) in [6.07, 6.45) is 5.98. The van der Waals surface area contributed by atoms with Crippen molar-refractivity contribution in [2.45, 2.75) is 64.0 Å². The number of carboxylic acid groups (broad SMARTS) is 1. The Morgan fingerprint density at radius 3 is 2.60 bits per heavy atom. The van der Waals surface area contributed by atoms with Gasteiger partial charge in [-0.2, -0.15) is 0 Å². The van der Waals surface area contributed by atoms with Crippen molar-refractivity contribution in [3.8, 4) is 0 Å². The lowest BCUT2D eigenvalue weighted by Crippen LogP contribution is -2.55. The van der Waals surface area contributed by atoms with Gasteiger partial charge in [-0.15, -0.1) is 0 Å². The Balaban J connectivity index is 1.55. The van der Waals surface area contributed by atoms with Crippen molar-refractivity contribution in [1.82, 2.24) is 9.55 Å². The second-order valence-corrected chi connectivity index (χ2v) is 10.5. The third-order valence-electron chi connectivity index (χ3n) is 8.68. The molecule has 7 nitrogen and oxygen atoms in total. The van der Waals surface area contributed by atoms with E-state index < -0.39 is 11.9 Å². The molecule has 182 valence electrons. The first-order valence-corrected chi connectivity index (χ1v) is 12.6. The highest BCUT2D eigenvalue weighted by Crippen LogP contribution is 2.65. The molecule has 7 heteroatoms. The minimum Gasteiger partial charge on any atom is -0.481 e. The third-order valence-corrected chi connectivity index (χ3v) is 8.68. The van der Waals surface area contributed by atoms with Crippen LogP contribution in [-0.4, -0.2) is 39.9 Å². The molecule has 1 N–H and O–H groups in total. The van der Waals surface area contributed by atoms with Gasteiger partial charge >= 0.3 is 12.1 Å². The van der Waals surface area contributed by atoms with Gasteiger partial charge in [0.2, 0.25) is 0 Å². The third kappa shape index (κ3) is 3.27. The first-order valence-electron chi connectivity index (χ1n) is 12.6. The number of carbonyl (C=O) groups is 2. The number of ether oxygens (including phenoxy) is 1. The molecule has 1 aromatic heterocycles. The number of benzene rings is 2. The van der Waals surface area contributed by atoms with E-state index in [4.69, 9.17) is 9.72 Å². The van der Waals surface area contributed by atoms with E-state index in [1.54, 1.807) is 4.90 Å². The van der Waals surface area contributed by atoms with Gasteiger partial charge in [0.1, 0.15) is 5.82 Å². The summed E-state index contributed by atoms with van der Waals surface area (Å²) in [7, 11) is 1.41. The number of fused-ring (bicyclic) bond motifs is 3. The van der Waals surface area contributed by atoms with Gasteiger partial charge in [0, 0.05) is 18.0 Å². The topological polar surface area (TPSA) is 84.7 Å². The van der Waals surface area contributed by atoms with E-state index in [-0.39, 0.29) is 23.6 Å². The van der Waals surface area contributed by atoms with E-state index in [1.165, 1.54) is 7.11 Å². The summed E-state index contributed by atoms with van der Waals surface area (Å²) in [6.45, 7) is 2.04. The monoisotopic (exact) mass is 473 g/mol. The average molecular weight is 474 g/mol. The molecule has 2 aromatic carbocycles. The Morgan fingerprint density at radius 1 is 1.17 bits per heavy atom. The van der Waals surface area contributed by atoms with E-state index in [2.05, 4.69) is 16.7 Å². The van der Waals surface area contributed by atoms with Crippen LogP contribution in [0.5, 0.6) is 0 Å². The average Bonchev–Trinajstić information content (AvgIpc) is 3.15. The van der Waals surface area contributed by atoms with Gasteiger partial charge in [-0.3, -0.25) is 9.69 Å². The van der Waals surface area contributed by atoms with Crippen molar-refractivity contribution < 1.29 is 19.4 Å². The number of amides is 1. The number of aromatic nitrogens is 2. The van der Waals surface area contributed by atoms with Gasteiger partial charge in [-0.1, -0.05) is 36.8 Å². The maximum Gasteiger partial charge on any atom is 0.414 e. The van der Waals surface area contributed by atoms with Crippen LogP contribution in [0.3, 0.4) is 0 Å². The Bertz CT molecular complexity index is 1310. The molecule has 0 bridgehead atoms. The first kappa shape index (κ1) is 22.1. The van der Waals surface area contributed by atoms with Crippen LogP contribution in [0.15, 0.2) is 42.5 Å². The van der Waals surface area contributed by atoms with E-state index >= 15 is 0 Å². The van der Waals surface area contributed by atoms with Crippen LogP contribution in [-0.2, 0) is 22.4 Å². The molecule has 0 saturated heterocycles. The molecular weight excluding hydrogens is 442 g/mol. The Labute approximate surface area is 204 Å². The minimum absolute atomic E-state index is 0.0412. The van der Waals surface area contributed by atoms with E-state index in [1.807, 2.05) is 37.3 Å². The Hall–Kier alpha value is -3.35. The number of hydrogen-bond donors (Lipinski definition) is 1. The van der Waals surface area contributed by atoms with Crippen LogP contribution in [0.4, 0.5) is 10.5 Å². The zero-order chi connectivity index (χ0) is 24.3. The highest BCUT2D eigenvalue weighted by Gasteiger charge is 2.61. The van der Waals surface area contributed by atoms with Gasteiger partial charge in [-0.25, -0.2) is 9.78 Å². The molecule has 3 aromatic rings. The lowest BCUT2D eigenvalue weighted by atomic mass is 9.48. The lowest BCUT2D eigenvalue weighted by Gasteiger charge is -2.59. The summed E-state index contributed by atoms with van der Waals surface area (Å²) in [6, 6.07) is 14.2.